The van der Waals surface area contributed by atoms with Crippen LogP contribution in [-0.2, 0) is 18.2 Å². The predicted octanol–water partition coefficient (Wildman–Crippen LogP) is 0.427. The van der Waals surface area contributed by atoms with E-state index in [2.05, 4.69) is 22.3 Å². The molecule has 1 aromatic rings. The average molecular weight is 210 g/mol. The van der Waals surface area contributed by atoms with E-state index in [1.807, 2.05) is 11.7 Å². The number of aromatic nitrogens is 3. The third-order valence-electron chi connectivity index (χ3n) is 2.89. The van der Waals surface area contributed by atoms with Gasteiger partial charge in [0.2, 0.25) is 0 Å². The van der Waals surface area contributed by atoms with Gasteiger partial charge in [0.15, 0.2) is 5.82 Å². The maximum atomic E-state index is 5.32. The summed E-state index contributed by atoms with van der Waals surface area (Å²) in [4.78, 5) is 4.51. The van der Waals surface area contributed by atoms with Crippen molar-refractivity contribution in [1.29, 1.82) is 0 Å². The monoisotopic (exact) mass is 210 g/mol. The number of aryl methyl sites for hydroxylation is 2. The van der Waals surface area contributed by atoms with Gasteiger partial charge in [-0.05, 0) is 6.42 Å². The minimum Gasteiger partial charge on any atom is -0.380 e. The molecule has 1 aliphatic rings. The fourth-order valence-corrected chi connectivity index (χ4v) is 1.98. The third-order valence-corrected chi connectivity index (χ3v) is 2.89. The summed E-state index contributed by atoms with van der Waals surface area (Å²) in [7, 11) is 3.70. The van der Waals surface area contributed by atoms with Crippen molar-refractivity contribution in [2.24, 2.45) is 7.05 Å². The highest BCUT2D eigenvalue weighted by molar-refractivity contribution is 5.02. The Bertz CT molecular complexity index is 336. The van der Waals surface area contributed by atoms with Gasteiger partial charge in [-0.3, -0.25) is 4.68 Å². The molecule has 2 unspecified atom stereocenters. The topological polar surface area (TPSA) is 52.0 Å². The van der Waals surface area contributed by atoms with E-state index >= 15 is 0 Å². The lowest BCUT2D eigenvalue weighted by Gasteiger charge is -2.08. The number of nitrogens with zero attached hydrogens (tertiary/aromatic N) is 3. The first kappa shape index (κ1) is 10.6. The number of methoxy groups -OCH3 is 1. The molecule has 0 amide bonds. The first-order valence-electron chi connectivity index (χ1n) is 5.40. The molecule has 1 aliphatic heterocycles. The van der Waals surface area contributed by atoms with Crippen LogP contribution in [0.25, 0.3) is 0 Å². The zero-order valence-corrected chi connectivity index (χ0v) is 9.53. The molecule has 1 N–H and O–H groups in total. The molecule has 1 aromatic heterocycles. The van der Waals surface area contributed by atoms with Gasteiger partial charge in [-0.2, -0.15) is 5.10 Å². The SMILES string of the molecule is CCc1nc(C2CC(OC)CN2)n(C)n1. The normalized spacial score (nSPS) is 26.1. The molecule has 1 saturated heterocycles. The third kappa shape index (κ3) is 2.03. The zero-order valence-electron chi connectivity index (χ0n) is 9.53. The van der Waals surface area contributed by atoms with Crippen LogP contribution < -0.4 is 5.32 Å². The lowest BCUT2D eigenvalue weighted by Crippen LogP contribution is -2.18. The van der Waals surface area contributed by atoms with E-state index in [9.17, 15) is 0 Å². The summed E-state index contributed by atoms with van der Waals surface area (Å²) in [6.45, 7) is 2.97. The second-order valence-electron chi connectivity index (χ2n) is 3.92. The molecule has 2 heterocycles. The van der Waals surface area contributed by atoms with Gasteiger partial charge in [-0.1, -0.05) is 6.92 Å². The molecule has 5 heteroatoms. The summed E-state index contributed by atoms with van der Waals surface area (Å²) in [5.74, 6) is 1.93. The van der Waals surface area contributed by atoms with Crippen molar-refractivity contribution in [3.8, 4) is 0 Å². The van der Waals surface area contributed by atoms with Crippen molar-refractivity contribution < 1.29 is 4.74 Å². The fourth-order valence-electron chi connectivity index (χ4n) is 1.98. The summed E-state index contributed by atoms with van der Waals surface area (Å²) in [5.41, 5.74) is 0. The minimum atomic E-state index is 0.285. The van der Waals surface area contributed by atoms with Crippen LogP contribution in [0.3, 0.4) is 0 Å². The summed E-state index contributed by atoms with van der Waals surface area (Å²) in [5, 5.41) is 7.75. The molecule has 0 spiro atoms. The van der Waals surface area contributed by atoms with Crippen LogP contribution in [0.5, 0.6) is 0 Å². The van der Waals surface area contributed by atoms with Crippen molar-refractivity contribution in [2.75, 3.05) is 13.7 Å². The molecule has 15 heavy (non-hydrogen) atoms. The zero-order chi connectivity index (χ0) is 10.8. The quantitative estimate of drug-likeness (QED) is 0.786. The largest absolute Gasteiger partial charge is 0.380 e. The smallest absolute Gasteiger partial charge is 0.150 e. The van der Waals surface area contributed by atoms with Crippen molar-refractivity contribution >= 4 is 0 Å². The molecule has 0 bridgehead atoms. The van der Waals surface area contributed by atoms with Crippen LogP contribution in [0.1, 0.15) is 31.0 Å². The number of nitrogens with one attached hydrogen (secondary N) is 1. The Morgan fingerprint density at radius 1 is 1.60 bits per heavy atom. The van der Waals surface area contributed by atoms with E-state index in [1.165, 1.54) is 0 Å². The Morgan fingerprint density at radius 2 is 2.40 bits per heavy atom. The van der Waals surface area contributed by atoms with Gasteiger partial charge in [-0.15, -0.1) is 0 Å². The molecular weight excluding hydrogens is 192 g/mol. The van der Waals surface area contributed by atoms with Crippen molar-refractivity contribution in [3.05, 3.63) is 11.6 Å². The number of ether oxygens (including phenoxy) is 1. The van der Waals surface area contributed by atoms with E-state index in [0.717, 1.165) is 31.0 Å². The second-order valence-corrected chi connectivity index (χ2v) is 3.92. The van der Waals surface area contributed by atoms with Crippen LogP contribution in [0, 0.1) is 0 Å². The lowest BCUT2D eigenvalue weighted by atomic mass is 10.2. The summed E-state index contributed by atoms with van der Waals surface area (Å²) < 4.78 is 7.19. The van der Waals surface area contributed by atoms with Gasteiger partial charge >= 0.3 is 0 Å². The van der Waals surface area contributed by atoms with Crippen LogP contribution in [-0.4, -0.2) is 34.5 Å². The van der Waals surface area contributed by atoms with Gasteiger partial charge in [0.1, 0.15) is 5.82 Å². The molecule has 1 fully saturated rings. The Morgan fingerprint density at radius 3 is 2.93 bits per heavy atom. The van der Waals surface area contributed by atoms with Gasteiger partial charge in [0.25, 0.3) is 0 Å². The second kappa shape index (κ2) is 4.28. The Hall–Kier alpha value is -0.940. The number of rotatable bonds is 3. The van der Waals surface area contributed by atoms with Gasteiger partial charge in [0, 0.05) is 27.1 Å². The predicted molar refractivity (Wildman–Crippen MR) is 56.5 cm³/mol. The Kier molecular flexibility index (Phi) is 3.02. The van der Waals surface area contributed by atoms with E-state index < -0.39 is 0 Å². The standard InChI is InChI=1S/C10H18N4O/c1-4-9-12-10(14(2)13-9)8-5-7(15-3)6-11-8/h7-8,11H,4-6H2,1-3H3. The molecule has 0 saturated carbocycles. The highest BCUT2D eigenvalue weighted by Gasteiger charge is 2.28. The molecule has 0 aliphatic carbocycles. The number of hydrogen-bond donors (Lipinski definition) is 1. The molecule has 0 radical (unpaired) electrons. The first-order chi connectivity index (χ1) is 7.24. The molecule has 2 atom stereocenters. The van der Waals surface area contributed by atoms with Gasteiger partial charge < -0.3 is 10.1 Å². The molecule has 84 valence electrons. The van der Waals surface area contributed by atoms with Crippen LogP contribution in [0.15, 0.2) is 0 Å². The average Bonchev–Trinajstić information content (AvgIpc) is 2.83. The number of hydrogen-bond acceptors (Lipinski definition) is 4. The lowest BCUT2D eigenvalue weighted by molar-refractivity contribution is 0.117. The summed E-state index contributed by atoms with van der Waals surface area (Å²) in [6.07, 6.45) is 2.16. The van der Waals surface area contributed by atoms with Gasteiger partial charge in [-0.25, -0.2) is 4.98 Å². The highest BCUT2D eigenvalue weighted by atomic mass is 16.5. The van der Waals surface area contributed by atoms with Crippen molar-refractivity contribution in [1.82, 2.24) is 20.1 Å². The van der Waals surface area contributed by atoms with E-state index in [1.54, 1.807) is 7.11 Å². The van der Waals surface area contributed by atoms with Crippen LogP contribution in [0.4, 0.5) is 0 Å². The minimum absolute atomic E-state index is 0.285. The highest BCUT2D eigenvalue weighted by Crippen LogP contribution is 2.22. The summed E-state index contributed by atoms with van der Waals surface area (Å²) in [6, 6.07) is 0.285. The van der Waals surface area contributed by atoms with Crippen molar-refractivity contribution in [3.63, 3.8) is 0 Å². The van der Waals surface area contributed by atoms with E-state index in [-0.39, 0.29) is 6.04 Å². The molecular formula is C10H18N4O. The van der Waals surface area contributed by atoms with Crippen molar-refractivity contribution in [2.45, 2.75) is 31.9 Å². The van der Waals surface area contributed by atoms with E-state index in [0.29, 0.717) is 6.10 Å². The first-order valence-corrected chi connectivity index (χ1v) is 5.40. The van der Waals surface area contributed by atoms with Gasteiger partial charge in [0.05, 0.1) is 12.1 Å². The molecule has 2 rings (SSSR count). The Labute approximate surface area is 89.8 Å². The van der Waals surface area contributed by atoms with E-state index in [4.69, 9.17) is 4.74 Å². The van der Waals surface area contributed by atoms with Crippen LogP contribution in [0.2, 0.25) is 0 Å². The molecule has 0 aromatic carbocycles. The van der Waals surface area contributed by atoms with Crippen LogP contribution >= 0.6 is 0 Å². The fraction of sp³-hybridized carbons (Fsp3) is 0.800. The molecule has 5 nitrogen and oxygen atoms in total. The summed E-state index contributed by atoms with van der Waals surface area (Å²) >= 11 is 0. The Balaban J connectivity index is 2.12. The maximum absolute atomic E-state index is 5.32. The maximum Gasteiger partial charge on any atom is 0.150 e.